The van der Waals surface area contributed by atoms with Crippen LogP contribution in [0.5, 0.6) is 0 Å². The molecular weight excluding hydrogens is 1310 g/mol. The first-order chi connectivity index (χ1) is 46.2. The molecule has 0 saturated carbocycles. The maximum Gasteiger partial charge on any atom is 0.408 e. The van der Waals surface area contributed by atoms with Gasteiger partial charge >= 0.3 is 30.3 Å². The van der Waals surface area contributed by atoms with E-state index in [2.05, 4.69) is 63.8 Å². The number of rotatable bonds is 27. The minimum atomic E-state index is -1.48. The van der Waals surface area contributed by atoms with E-state index in [1.807, 2.05) is 0 Å². The van der Waals surface area contributed by atoms with Crippen LogP contribution in [0.4, 0.5) is 53.3 Å². The molecule has 6 atom stereocenters. The second-order valence-electron chi connectivity index (χ2n) is 30.5. The van der Waals surface area contributed by atoms with Crippen LogP contribution in [0.1, 0.15) is 197 Å². The summed E-state index contributed by atoms with van der Waals surface area (Å²) in [7, 11) is 0. The lowest BCUT2D eigenvalue weighted by Crippen LogP contribution is -2.49. The van der Waals surface area contributed by atoms with Crippen LogP contribution in [0.3, 0.4) is 0 Å². The van der Waals surface area contributed by atoms with Crippen molar-refractivity contribution in [2.45, 2.75) is 225 Å². The third-order valence-electron chi connectivity index (χ3n) is 14.1. The van der Waals surface area contributed by atoms with E-state index in [1.54, 1.807) is 166 Å². The second kappa shape index (κ2) is 35.8. The van der Waals surface area contributed by atoms with E-state index in [9.17, 15) is 67.4 Å². The highest BCUT2D eigenvalue weighted by atomic mass is 16.6. The van der Waals surface area contributed by atoms with Crippen LogP contribution in [-0.2, 0) is 47.7 Å². The highest BCUT2D eigenvalue weighted by molar-refractivity contribution is 6.08. The fourth-order valence-electron chi connectivity index (χ4n) is 9.42. The van der Waals surface area contributed by atoms with Gasteiger partial charge in [0.05, 0.1) is 5.56 Å². The standard InChI is InChI=1S/C71H106N12O18/c1-34(2)49(78-55(84)40-25-43(72-59(88)51(36(5)6)80-64(94)98-68(13,14)15)31-44(26-40)73-60(89)52(37(7)8)81-65(95)99-69(16,17)18)57(86)76-47-29-42(63(92)93)30-48(33-47)77-58(87)50(35(3)4)79-56(85)41-27-45(74-61(90)53(38(9)10)82-66(96)100-70(19,20)21)32-46(28-41)75-62(91)54(39(11)12)83-67(97)101-71(22,23)24/h25-39,49-54H,1-24H3,(H,72,88)(H,73,89)(H,74,90)(H,75,91)(H,76,86)(H,77,87)(H,78,84)(H,79,85)(H,80,94)(H,81,95)(H,82,96)(H,83,97)(H,92,93)/t49-,50-,51-,52-,53-,54-/m0/s1. The van der Waals surface area contributed by atoms with Crippen LogP contribution < -0.4 is 63.8 Å². The predicted molar refractivity (Wildman–Crippen MR) is 382 cm³/mol. The summed E-state index contributed by atoms with van der Waals surface area (Å²) in [6, 6.07) is 3.61. The van der Waals surface area contributed by atoms with E-state index >= 15 is 0 Å². The van der Waals surface area contributed by atoms with Crippen LogP contribution in [0.25, 0.3) is 0 Å². The fraction of sp³-hybridized carbons (Fsp3) is 0.563. The zero-order valence-electron chi connectivity index (χ0n) is 62.5. The molecule has 0 aliphatic heterocycles. The molecule has 0 aromatic heterocycles. The van der Waals surface area contributed by atoms with Crippen molar-refractivity contribution >= 4 is 112 Å². The van der Waals surface area contributed by atoms with Gasteiger partial charge in [-0.3, -0.25) is 38.4 Å². The number of amides is 12. The summed E-state index contributed by atoms with van der Waals surface area (Å²) in [5.74, 6) is -11.3. The van der Waals surface area contributed by atoms with Crippen molar-refractivity contribution in [3.8, 4) is 0 Å². The Labute approximate surface area is 591 Å². The second-order valence-corrected chi connectivity index (χ2v) is 30.5. The molecule has 558 valence electrons. The largest absolute Gasteiger partial charge is 0.478 e. The first-order valence-electron chi connectivity index (χ1n) is 33.3. The van der Waals surface area contributed by atoms with Crippen LogP contribution >= 0.6 is 0 Å². The molecule has 12 amide bonds. The van der Waals surface area contributed by atoms with Crippen molar-refractivity contribution in [1.82, 2.24) is 31.9 Å². The van der Waals surface area contributed by atoms with Gasteiger partial charge in [-0.2, -0.15) is 0 Å². The molecular formula is C71H106N12O18. The van der Waals surface area contributed by atoms with Gasteiger partial charge in [-0.15, -0.1) is 0 Å². The maximum atomic E-state index is 14.5. The zero-order valence-corrected chi connectivity index (χ0v) is 62.5. The predicted octanol–water partition coefficient (Wildman–Crippen LogP) is 10.1. The van der Waals surface area contributed by atoms with Gasteiger partial charge < -0.3 is 87.9 Å². The normalized spacial score (nSPS) is 13.6. The Morgan fingerprint density at radius 2 is 0.426 bits per heavy atom. The molecule has 3 rings (SSSR count). The van der Waals surface area contributed by atoms with E-state index in [0.29, 0.717) is 0 Å². The lowest BCUT2D eigenvalue weighted by Gasteiger charge is -2.26. The number of carboxylic acid groups (broad SMARTS) is 1. The van der Waals surface area contributed by atoms with Crippen molar-refractivity contribution in [3.63, 3.8) is 0 Å². The molecule has 0 bridgehead atoms. The lowest BCUT2D eigenvalue weighted by atomic mass is 10.0. The summed E-state index contributed by atoms with van der Waals surface area (Å²) in [4.78, 5) is 178. The average molecular weight is 1420 g/mol. The number of hydrogen-bond acceptors (Lipinski definition) is 17. The highest BCUT2D eigenvalue weighted by Gasteiger charge is 2.35. The Morgan fingerprint density at radius 1 is 0.267 bits per heavy atom. The molecule has 13 N–H and O–H groups in total. The molecule has 0 spiro atoms. The average Bonchev–Trinajstić information content (AvgIpc) is 0.829. The van der Waals surface area contributed by atoms with Gasteiger partial charge in [0.1, 0.15) is 58.7 Å². The first-order valence-corrected chi connectivity index (χ1v) is 33.3. The van der Waals surface area contributed by atoms with Gasteiger partial charge in [-0.25, -0.2) is 24.0 Å². The van der Waals surface area contributed by atoms with E-state index in [4.69, 9.17) is 18.9 Å². The number of benzene rings is 3. The van der Waals surface area contributed by atoms with Gasteiger partial charge in [0.2, 0.25) is 35.4 Å². The molecule has 0 aliphatic rings. The number of carboxylic acids is 1. The topological polar surface area (TPSA) is 423 Å². The molecule has 30 nitrogen and oxygen atoms in total. The third-order valence-corrected chi connectivity index (χ3v) is 14.1. The Bertz CT molecular complexity index is 3170. The highest BCUT2D eigenvalue weighted by Crippen LogP contribution is 2.27. The molecule has 3 aromatic rings. The molecule has 0 heterocycles. The van der Waals surface area contributed by atoms with Crippen LogP contribution in [0, 0.1) is 35.5 Å². The number of ether oxygens (including phenoxy) is 4. The minimum Gasteiger partial charge on any atom is -0.478 e. The number of carbonyl (C=O) groups is 13. The Morgan fingerprint density at radius 3 is 0.574 bits per heavy atom. The number of carbonyl (C=O) groups excluding carboxylic acids is 12. The number of anilines is 6. The van der Waals surface area contributed by atoms with Gasteiger partial charge in [0.15, 0.2) is 0 Å². The van der Waals surface area contributed by atoms with Crippen LogP contribution in [-0.4, -0.2) is 141 Å². The monoisotopic (exact) mass is 1410 g/mol. The van der Waals surface area contributed by atoms with Crippen LogP contribution in [0.2, 0.25) is 0 Å². The summed E-state index contributed by atoms with van der Waals surface area (Å²) < 4.78 is 21.6. The maximum absolute atomic E-state index is 14.5. The van der Waals surface area contributed by atoms with E-state index < -0.39 is 177 Å². The SMILES string of the molecule is CC(C)[C@H](NC(=O)OC(C)(C)C)C(=O)Nc1cc(NC(=O)[C@@H](NC(=O)OC(C)(C)C)C(C)C)cc(C(=O)N[C@H](C(=O)Nc2cc(NC(=O)[C@@H](NC(=O)c3cc(NC(=O)[C@@H](NC(=O)OC(C)(C)C)C(C)C)cc(NC(=O)[C@@H](NC(=O)OC(C)(C)C)C(C)C)c3)C(C)C)cc(C(=O)O)c2)C(C)C)c1. The van der Waals surface area contributed by atoms with Gasteiger partial charge in [0.25, 0.3) is 11.8 Å². The Kier molecular flexibility index (Phi) is 30.2. The van der Waals surface area contributed by atoms with Crippen molar-refractivity contribution in [2.75, 3.05) is 31.9 Å². The Balaban J connectivity index is 2.08. The molecule has 3 aromatic carbocycles. The van der Waals surface area contributed by atoms with Crippen molar-refractivity contribution in [2.24, 2.45) is 35.5 Å². The summed E-state index contributed by atoms with van der Waals surface area (Å²) in [5.41, 5.74) is -4.99. The summed E-state index contributed by atoms with van der Waals surface area (Å²) in [6.07, 6.45) is -3.52. The number of nitrogens with one attached hydrogen (secondary N) is 12. The summed E-state index contributed by atoms with van der Waals surface area (Å²) in [6.45, 7) is 39.6. The smallest absolute Gasteiger partial charge is 0.408 e. The molecule has 0 saturated heterocycles. The third kappa shape index (κ3) is 29.4. The molecule has 0 radical (unpaired) electrons. The number of alkyl carbamates (subject to hydrolysis) is 4. The van der Waals surface area contributed by atoms with Crippen molar-refractivity contribution in [3.05, 3.63) is 71.3 Å². The van der Waals surface area contributed by atoms with Gasteiger partial charge in [0, 0.05) is 45.3 Å². The van der Waals surface area contributed by atoms with Crippen molar-refractivity contribution < 1.29 is 86.4 Å². The molecule has 30 heteroatoms. The lowest BCUT2D eigenvalue weighted by molar-refractivity contribution is -0.119. The van der Waals surface area contributed by atoms with E-state index in [0.717, 1.165) is 12.1 Å². The molecule has 101 heavy (non-hydrogen) atoms. The molecule has 0 unspecified atom stereocenters. The van der Waals surface area contributed by atoms with Gasteiger partial charge in [-0.05, 0) is 173 Å². The van der Waals surface area contributed by atoms with Crippen molar-refractivity contribution in [1.29, 1.82) is 0 Å². The summed E-state index contributed by atoms with van der Waals surface area (Å²) >= 11 is 0. The van der Waals surface area contributed by atoms with E-state index in [-0.39, 0.29) is 45.3 Å². The Hall–Kier alpha value is -10.0. The van der Waals surface area contributed by atoms with Gasteiger partial charge in [-0.1, -0.05) is 83.1 Å². The molecule has 0 fully saturated rings. The number of aromatic carboxylic acids is 1. The van der Waals surface area contributed by atoms with E-state index in [1.165, 1.54) is 42.5 Å². The van der Waals surface area contributed by atoms with Crippen LogP contribution in [0.15, 0.2) is 54.6 Å². The quantitative estimate of drug-likeness (QED) is 0.0315. The number of hydrogen-bond donors (Lipinski definition) is 13. The fourth-order valence-corrected chi connectivity index (χ4v) is 9.42. The summed E-state index contributed by atoms with van der Waals surface area (Å²) in [5, 5.41) is 41.9. The minimum absolute atomic E-state index is 0.0509. The zero-order chi connectivity index (χ0) is 77.3. The first kappa shape index (κ1) is 85.2. The molecule has 0 aliphatic carbocycles.